The van der Waals surface area contributed by atoms with E-state index >= 15 is 0 Å². The number of thioether (sulfide) groups is 1. The number of nitrogens with one attached hydrogen (secondary N) is 3. The lowest BCUT2D eigenvalue weighted by atomic mass is 10.0. The number of aryl methyl sites for hydroxylation is 3. The summed E-state index contributed by atoms with van der Waals surface area (Å²) in [5, 5.41) is 7.05. The average molecular weight is 374 g/mol. The van der Waals surface area contributed by atoms with Gasteiger partial charge in [-0.3, -0.25) is 9.59 Å². The molecule has 6 heteroatoms. The van der Waals surface area contributed by atoms with Gasteiger partial charge < -0.3 is 15.6 Å². The van der Waals surface area contributed by atoms with Crippen LogP contribution in [0.2, 0.25) is 0 Å². The van der Waals surface area contributed by atoms with Crippen LogP contribution in [0.1, 0.15) is 43.2 Å². The van der Waals surface area contributed by atoms with Gasteiger partial charge in [-0.2, -0.15) is 0 Å². The summed E-state index contributed by atoms with van der Waals surface area (Å²) in [6.45, 7) is 10.5. The molecule has 0 spiro atoms. The number of benzene rings is 1. The van der Waals surface area contributed by atoms with Crippen molar-refractivity contribution < 1.29 is 9.59 Å². The number of hydrogen-bond acceptors (Lipinski definition) is 3. The van der Waals surface area contributed by atoms with E-state index in [-0.39, 0.29) is 11.8 Å². The Morgan fingerprint density at radius 2 is 2.08 bits per heavy atom. The quantitative estimate of drug-likeness (QED) is 0.771. The van der Waals surface area contributed by atoms with Gasteiger partial charge >= 0.3 is 0 Å². The number of H-pyrrole nitrogens is 1. The largest absolute Gasteiger partial charge is 0.358 e. The molecule has 1 aromatic heterocycles. The van der Waals surface area contributed by atoms with Crippen LogP contribution < -0.4 is 10.6 Å². The van der Waals surface area contributed by atoms with Gasteiger partial charge in [-0.1, -0.05) is 18.6 Å². The molecule has 1 fully saturated rings. The highest BCUT2D eigenvalue weighted by Crippen LogP contribution is 2.29. The Kier molecular flexibility index (Phi) is 5.06. The van der Waals surface area contributed by atoms with E-state index in [4.69, 9.17) is 0 Å². The van der Waals surface area contributed by atoms with Gasteiger partial charge in [-0.25, -0.2) is 0 Å². The molecule has 26 heavy (non-hydrogen) atoms. The fourth-order valence-electron chi connectivity index (χ4n) is 3.38. The van der Waals surface area contributed by atoms with Gasteiger partial charge in [0.05, 0.1) is 10.3 Å². The fourth-order valence-corrected chi connectivity index (χ4v) is 4.39. The number of aromatic nitrogens is 1. The van der Waals surface area contributed by atoms with Crippen molar-refractivity contribution in [2.24, 2.45) is 0 Å². The highest BCUT2D eigenvalue weighted by Gasteiger charge is 2.37. The van der Waals surface area contributed by atoms with Crippen molar-refractivity contribution in [1.29, 1.82) is 0 Å². The Labute approximate surface area is 158 Å². The summed E-state index contributed by atoms with van der Waals surface area (Å²) < 4.78 is -0.474. The lowest BCUT2D eigenvalue weighted by Crippen LogP contribution is -2.57. The molecule has 0 bridgehead atoms. The molecule has 2 heterocycles. The summed E-state index contributed by atoms with van der Waals surface area (Å²) in [7, 11) is 0. The van der Waals surface area contributed by atoms with Crippen molar-refractivity contribution in [2.75, 3.05) is 5.75 Å². The van der Waals surface area contributed by atoms with Crippen molar-refractivity contribution in [3.63, 3.8) is 0 Å². The number of hydrogen-bond donors (Lipinski definition) is 3. The highest BCUT2D eigenvalue weighted by atomic mass is 32.2. The van der Waals surface area contributed by atoms with Crippen LogP contribution in [0.25, 0.3) is 10.9 Å². The molecule has 3 N–H and O–H groups in total. The van der Waals surface area contributed by atoms with E-state index in [9.17, 15) is 9.59 Å². The average Bonchev–Trinajstić information content (AvgIpc) is 2.91. The third-order valence-corrected chi connectivity index (χ3v) is 6.49. The molecule has 140 valence electrons. The summed E-state index contributed by atoms with van der Waals surface area (Å²) in [5.74, 6) is 0.379. The highest BCUT2D eigenvalue weighted by molar-refractivity contribution is 8.01. The van der Waals surface area contributed by atoms with Gasteiger partial charge in [0.1, 0.15) is 6.04 Å². The van der Waals surface area contributed by atoms with Crippen LogP contribution in [0.4, 0.5) is 0 Å². The van der Waals surface area contributed by atoms with Crippen LogP contribution in [-0.4, -0.2) is 33.3 Å². The monoisotopic (exact) mass is 373 g/mol. The number of fused-ring (bicyclic) bond motifs is 1. The minimum Gasteiger partial charge on any atom is -0.358 e. The smallest absolute Gasteiger partial charge is 0.243 e. The standard InChI is InChI=1S/C20H27N3O2S/c1-6-15-12(3)14-8-11(2)7-13(17(14)22-15)9-21-18(24)16-10-26-20(4,5)19(25)23-16/h7-8,16,22H,6,9-10H2,1-5H3,(H,21,24)(H,23,25). The van der Waals surface area contributed by atoms with Crippen LogP contribution in [0.5, 0.6) is 0 Å². The number of rotatable bonds is 4. The second kappa shape index (κ2) is 6.99. The first-order valence-electron chi connectivity index (χ1n) is 9.06. The van der Waals surface area contributed by atoms with Gasteiger partial charge in [0, 0.05) is 23.4 Å². The van der Waals surface area contributed by atoms with Gasteiger partial charge in [0.15, 0.2) is 0 Å². The van der Waals surface area contributed by atoms with E-state index in [1.807, 2.05) is 13.8 Å². The molecule has 2 aromatic rings. The molecule has 1 aliphatic rings. The third-order valence-electron chi connectivity index (χ3n) is 5.08. The van der Waals surface area contributed by atoms with E-state index < -0.39 is 10.8 Å². The van der Waals surface area contributed by atoms with Crippen LogP contribution in [0, 0.1) is 13.8 Å². The molecule has 0 radical (unpaired) electrons. The van der Waals surface area contributed by atoms with Crippen LogP contribution >= 0.6 is 11.8 Å². The van der Waals surface area contributed by atoms with E-state index in [0.717, 1.165) is 17.5 Å². The maximum absolute atomic E-state index is 12.5. The second-order valence-electron chi connectivity index (χ2n) is 7.49. The van der Waals surface area contributed by atoms with Gasteiger partial charge in [-0.15, -0.1) is 11.8 Å². The number of aromatic amines is 1. The predicted molar refractivity (Wildman–Crippen MR) is 107 cm³/mol. The fraction of sp³-hybridized carbons (Fsp3) is 0.500. The van der Waals surface area contributed by atoms with E-state index in [1.165, 1.54) is 34.0 Å². The molecular formula is C20H27N3O2S. The molecule has 5 nitrogen and oxygen atoms in total. The molecule has 1 atom stereocenters. The molecule has 0 aliphatic carbocycles. The molecule has 1 aromatic carbocycles. The van der Waals surface area contributed by atoms with E-state index in [2.05, 4.69) is 48.5 Å². The maximum Gasteiger partial charge on any atom is 0.243 e. The Balaban J connectivity index is 1.76. The van der Waals surface area contributed by atoms with Crippen molar-refractivity contribution in [2.45, 2.75) is 58.4 Å². The summed E-state index contributed by atoms with van der Waals surface area (Å²) in [6.07, 6.45) is 0.951. The molecule has 1 saturated heterocycles. The first-order chi connectivity index (χ1) is 12.2. The Hall–Kier alpha value is -1.95. The van der Waals surface area contributed by atoms with Crippen LogP contribution in [0.15, 0.2) is 12.1 Å². The minimum atomic E-state index is -0.475. The van der Waals surface area contributed by atoms with Crippen molar-refractivity contribution in [1.82, 2.24) is 15.6 Å². The summed E-state index contributed by atoms with van der Waals surface area (Å²) in [5.41, 5.74) is 5.85. The van der Waals surface area contributed by atoms with Gasteiger partial charge in [-0.05, 0) is 51.3 Å². The number of amides is 2. The number of carbonyl (C=O) groups is 2. The van der Waals surface area contributed by atoms with Crippen molar-refractivity contribution in [3.8, 4) is 0 Å². The second-order valence-corrected chi connectivity index (χ2v) is 9.14. The zero-order valence-corrected chi connectivity index (χ0v) is 16.9. The van der Waals surface area contributed by atoms with Gasteiger partial charge in [0.2, 0.25) is 11.8 Å². The Morgan fingerprint density at radius 3 is 2.73 bits per heavy atom. The minimum absolute atomic E-state index is 0.0839. The Bertz CT molecular complexity index is 870. The van der Waals surface area contributed by atoms with Crippen molar-refractivity contribution >= 4 is 34.5 Å². The summed E-state index contributed by atoms with van der Waals surface area (Å²) >= 11 is 1.52. The lowest BCUT2D eigenvalue weighted by molar-refractivity contribution is -0.129. The van der Waals surface area contributed by atoms with Crippen LogP contribution in [0.3, 0.4) is 0 Å². The van der Waals surface area contributed by atoms with Crippen molar-refractivity contribution in [3.05, 3.63) is 34.5 Å². The first-order valence-corrected chi connectivity index (χ1v) is 10.0. The van der Waals surface area contributed by atoms with E-state index in [1.54, 1.807) is 0 Å². The number of carbonyl (C=O) groups excluding carboxylic acids is 2. The topological polar surface area (TPSA) is 74.0 Å². The first kappa shape index (κ1) is 18.8. The zero-order valence-electron chi connectivity index (χ0n) is 16.1. The molecular weight excluding hydrogens is 346 g/mol. The molecule has 3 rings (SSSR count). The summed E-state index contributed by atoms with van der Waals surface area (Å²) in [6, 6.07) is 3.82. The molecule has 1 unspecified atom stereocenters. The molecule has 2 amide bonds. The third kappa shape index (κ3) is 3.47. The predicted octanol–water partition coefficient (Wildman–Crippen LogP) is 2.97. The van der Waals surface area contributed by atoms with Crippen LogP contribution in [-0.2, 0) is 22.6 Å². The lowest BCUT2D eigenvalue weighted by Gasteiger charge is -2.32. The Morgan fingerprint density at radius 1 is 1.35 bits per heavy atom. The normalized spacial score (nSPS) is 19.4. The summed E-state index contributed by atoms with van der Waals surface area (Å²) in [4.78, 5) is 28.1. The zero-order chi connectivity index (χ0) is 19.1. The maximum atomic E-state index is 12.5. The SMILES string of the molecule is CCc1[nH]c2c(CNC(=O)C3CSC(C)(C)C(=O)N3)cc(C)cc2c1C. The van der Waals surface area contributed by atoms with Gasteiger partial charge in [0.25, 0.3) is 0 Å². The molecule has 1 aliphatic heterocycles. The van der Waals surface area contributed by atoms with E-state index in [0.29, 0.717) is 12.3 Å². The molecule has 0 saturated carbocycles.